The summed E-state index contributed by atoms with van der Waals surface area (Å²) in [7, 11) is 0. The van der Waals surface area contributed by atoms with Gasteiger partial charge in [0.05, 0.1) is 0 Å². The van der Waals surface area contributed by atoms with Crippen LogP contribution in [0.2, 0.25) is 0 Å². The van der Waals surface area contributed by atoms with E-state index in [2.05, 4.69) is 37.5 Å². The third-order valence-corrected chi connectivity index (χ3v) is 5.75. The molecule has 1 amide bonds. The molecule has 4 rings (SSSR count). The molecule has 4 N–H and O–H groups in total. The topological polar surface area (TPSA) is 114 Å². The summed E-state index contributed by atoms with van der Waals surface area (Å²) in [4.78, 5) is 23.4. The van der Waals surface area contributed by atoms with Gasteiger partial charge in [0.25, 0.3) is 5.91 Å². The van der Waals surface area contributed by atoms with Crippen LogP contribution in [0.25, 0.3) is 5.82 Å². The number of amides is 1. The van der Waals surface area contributed by atoms with Crippen LogP contribution < -0.4 is 16.4 Å². The molecule has 2 aromatic heterocycles. The molecule has 9 heteroatoms. The van der Waals surface area contributed by atoms with E-state index in [1.54, 1.807) is 24.4 Å². The van der Waals surface area contributed by atoms with E-state index in [0.29, 0.717) is 29.9 Å². The molecule has 1 fully saturated rings. The molecule has 1 saturated heterocycles. The number of anilines is 3. The van der Waals surface area contributed by atoms with E-state index >= 15 is 0 Å². The Kier molecular flexibility index (Phi) is 6.96. The molecule has 9 nitrogen and oxygen atoms in total. The van der Waals surface area contributed by atoms with Crippen LogP contribution in [0.3, 0.4) is 0 Å². The normalized spacial score (nSPS) is 16.6. The molecule has 3 aromatic rings. The average molecular weight is 435 g/mol. The van der Waals surface area contributed by atoms with E-state index in [9.17, 15) is 4.79 Å². The minimum absolute atomic E-state index is 0.0648. The number of pyridine rings is 1. The van der Waals surface area contributed by atoms with E-state index in [1.165, 1.54) is 30.5 Å². The number of carbonyl (C=O) groups excluding carboxylic acids is 1. The third-order valence-electron chi connectivity index (χ3n) is 5.75. The molecular weight excluding hydrogens is 404 g/mol. The van der Waals surface area contributed by atoms with Crippen LogP contribution in [0.15, 0.2) is 48.7 Å². The van der Waals surface area contributed by atoms with Crippen molar-refractivity contribution in [2.24, 2.45) is 0 Å². The Morgan fingerprint density at radius 2 is 2.03 bits per heavy atom. The second kappa shape index (κ2) is 10.2. The number of aromatic nitrogens is 4. The highest BCUT2D eigenvalue weighted by atomic mass is 16.1. The number of nitrogen functional groups attached to an aromatic ring is 1. The number of nitrogens with two attached hydrogens (primary N) is 1. The number of likely N-dealkylation sites (tertiary alicyclic amines) is 1. The number of nitrogens with zero attached hydrogens (tertiary/aromatic N) is 5. The second-order valence-electron chi connectivity index (χ2n) is 8.09. The van der Waals surface area contributed by atoms with Crippen molar-refractivity contribution in [1.82, 2.24) is 30.0 Å². The summed E-state index contributed by atoms with van der Waals surface area (Å²) >= 11 is 0. The monoisotopic (exact) mass is 434 g/mol. The molecule has 1 atom stereocenters. The number of nitrogens with one attached hydrogen (secondary N) is 2. The Morgan fingerprint density at radius 3 is 2.78 bits per heavy atom. The number of hydrogen-bond donors (Lipinski definition) is 3. The SMILES string of the molecule is CC1CCCCN1CCCNC(=O)c1ccc(Nc2nc(N)n(-c3ccccn3)n2)cc1. The van der Waals surface area contributed by atoms with Gasteiger partial charge in [-0.15, -0.1) is 5.10 Å². The molecule has 0 aliphatic carbocycles. The maximum absolute atomic E-state index is 12.4. The van der Waals surface area contributed by atoms with Crippen LogP contribution in [0.5, 0.6) is 0 Å². The van der Waals surface area contributed by atoms with Crippen molar-refractivity contribution in [3.05, 3.63) is 54.2 Å². The fourth-order valence-electron chi connectivity index (χ4n) is 3.93. The van der Waals surface area contributed by atoms with Gasteiger partial charge >= 0.3 is 0 Å². The number of piperidine rings is 1. The third kappa shape index (κ3) is 5.42. The molecule has 0 bridgehead atoms. The minimum atomic E-state index is -0.0648. The zero-order valence-corrected chi connectivity index (χ0v) is 18.4. The number of benzene rings is 1. The first kappa shape index (κ1) is 21.8. The summed E-state index contributed by atoms with van der Waals surface area (Å²) in [6.45, 7) is 5.17. The van der Waals surface area contributed by atoms with Crippen molar-refractivity contribution in [2.75, 3.05) is 30.7 Å². The van der Waals surface area contributed by atoms with E-state index in [-0.39, 0.29) is 11.9 Å². The first-order valence-electron chi connectivity index (χ1n) is 11.1. The number of rotatable bonds is 8. The summed E-state index contributed by atoms with van der Waals surface area (Å²) in [6, 6.07) is 13.3. The maximum Gasteiger partial charge on any atom is 0.251 e. The van der Waals surface area contributed by atoms with Crippen molar-refractivity contribution in [3.8, 4) is 5.82 Å². The highest BCUT2D eigenvalue weighted by Crippen LogP contribution is 2.18. The van der Waals surface area contributed by atoms with Gasteiger partial charge in [-0.3, -0.25) is 4.79 Å². The van der Waals surface area contributed by atoms with Gasteiger partial charge in [-0.25, -0.2) is 4.98 Å². The zero-order valence-electron chi connectivity index (χ0n) is 18.4. The smallest absolute Gasteiger partial charge is 0.251 e. The Balaban J connectivity index is 1.27. The van der Waals surface area contributed by atoms with Crippen molar-refractivity contribution < 1.29 is 4.79 Å². The summed E-state index contributed by atoms with van der Waals surface area (Å²) < 4.78 is 1.47. The van der Waals surface area contributed by atoms with Gasteiger partial charge < -0.3 is 21.3 Å². The lowest BCUT2D eigenvalue weighted by molar-refractivity contribution is 0.0949. The molecule has 0 spiro atoms. The van der Waals surface area contributed by atoms with E-state index < -0.39 is 0 Å². The van der Waals surface area contributed by atoms with Gasteiger partial charge in [0.1, 0.15) is 0 Å². The van der Waals surface area contributed by atoms with Crippen LogP contribution in [0, 0.1) is 0 Å². The minimum Gasteiger partial charge on any atom is -0.368 e. The fourth-order valence-corrected chi connectivity index (χ4v) is 3.93. The van der Waals surface area contributed by atoms with E-state index in [4.69, 9.17) is 5.73 Å². The Hall–Kier alpha value is -3.46. The summed E-state index contributed by atoms with van der Waals surface area (Å²) in [5.41, 5.74) is 7.34. The highest BCUT2D eigenvalue weighted by Gasteiger charge is 2.17. The largest absolute Gasteiger partial charge is 0.368 e. The predicted molar refractivity (Wildman–Crippen MR) is 125 cm³/mol. The van der Waals surface area contributed by atoms with Crippen LogP contribution >= 0.6 is 0 Å². The van der Waals surface area contributed by atoms with Crippen LogP contribution in [-0.2, 0) is 0 Å². The fraction of sp³-hybridized carbons (Fsp3) is 0.391. The Bertz CT molecular complexity index is 1020. The van der Waals surface area contributed by atoms with Gasteiger partial charge in [0, 0.05) is 36.6 Å². The number of hydrogen-bond acceptors (Lipinski definition) is 7. The Morgan fingerprint density at radius 1 is 1.19 bits per heavy atom. The highest BCUT2D eigenvalue weighted by molar-refractivity contribution is 5.94. The quantitative estimate of drug-likeness (QED) is 0.467. The second-order valence-corrected chi connectivity index (χ2v) is 8.09. The van der Waals surface area contributed by atoms with Crippen LogP contribution in [0.1, 0.15) is 43.0 Å². The Labute approximate surface area is 188 Å². The average Bonchev–Trinajstić information content (AvgIpc) is 3.18. The molecule has 0 radical (unpaired) electrons. The van der Waals surface area contributed by atoms with Gasteiger partial charge in [0.2, 0.25) is 11.9 Å². The van der Waals surface area contributed by atoms with Gasteiger partial charge in [-0.1, -0.05) is 12.5 Å². The molecule has 32 heavy (non-hydrogen) atoms. The van der Waals surface area contributed by atoms with Gasteiger partial charge in [-0.2, -0.15) is 9.67 Å². The molecule has 168 valence electrons. The van der Waals surface area contributed by atoms with Crippen LogP contribution in [-0.4, -0.2) is 56.2 Å². The van der Waals surface area contributed by atoms with Gasteiger partial charge in [0.15, 0.2) is 5.82 Å². The molecule has 1 aliphatic heterocycles. The van der Waals surface area contributed by atoms with Gasteiger partial charge in [-0.05, 0) is 69.1 Å². The van der Waals surface area contributed by atoms with Crippen molar-refractivity contribution >= 4 is 23.5 Å². The zero-order chi connectivity index (χ0) is 22.3. The molecule has 1 aromatic carbocycles. The predicted octanol–water partition coefficient (Wildman–Crippen LogP) is 2.98. The van der Waals surface area contributed by atoms with E-state index in [0.717, 1.165) is 18.7 Å². The molecule has 1 unspecified atom stereocenters. The molecular formula is C23H30N8O. The molecule has 3 heterocycles. The van der Waals surface area contributed by atoms with Crippen molar-refractivity contribution in [1.29, 1.82) is 0 Å². The lowest BCUT2D eigenvalue weighted by Crippen LogP contribution is -2.39. The number of carbonyl (C=O) groups is 1. The molecule has 1 aliphatic rings. The van der Waals surface area contributed by atoms with E-state index in [1.807, 2.05) is 24.3 Å². The maximum atomic E-state index is 12.4. The lowest BCUT2D eigenvalue weighted by atomic mass is 10.0. The summed E-state index contributed by atoms with van der Waals surface area (Å²) in [5.74, 6) is 1.12. The first-order chi connectivity index (χ1) is 15.6. The van der Waals surface area contributed by atoms with Crippen LogP contribution in [0.4, 0.5) is 17.6 Å². The lowest BCUT2D eigenvalue weighted by Gasteiger charge is -2.33. The standard InChI is InChI=1S/C23H30N8O/c1-17-7-3-5-15-30(17)16-6-14-26-21(32)18-9-11-19(12-10-18)27-23-28-22(24)31(29-23)20-8-2-4-13-25-20/h2,4,8-13,17H,3,5-7,14-16H2,1H3,(H,26,32)(H3,24,27,28,29). The van der Waals surface area contributed by atoms with Crippen molar-refractivity contribution in [3.63, 3.8) is 0 Å². The molecule has 0 saturated carbocycles. The van der Waals surface area contributed by atoms with Crippen molar-refractivity contribution in [2.45, 2.75) is 38.6 Å². The first-order valence-corrected chi connectivity index (χ1v) is 11.1. The summed E-state index contributed by atoms with van der Waals surface area (Å²) in [5, 5.41) is 10.5. The summed E-state index contributed by atoms with van der Waals surface area (Å²) in [6.07, 6.45) is 6.51.